The summed E-state index contributed by atoms with van der Waals surface area (Å²) in [5.41, 5.74) is -0.0373. The van der Waals surface area contributed by atoms with Gasteiger partial charge in [-0.2, -0.15) is 5.10 Å². The molecule has 0 aliphatic heterocycles. The molecule has 134 valence electrons. The van der Waals surface area contributed by atoms with Crippen LogP contribution in [0.2, 0.25) is 0 Å². The van der Waals surface area contributed by atoms with E-state index in [0.717, 1.165) is 12.8 Å². The van der Waals surface area contributed by atoms with Crippen LogP contribution in [0, 0.1) is 11.7 Å². The van der Waals surface area contributed by atoms with Crippen LogP contribution < -0.4 is 10.6 Å². The summed E-state index contributed by atoms with van der Waals surface area (Å²) < 4.78 is 18.6. The summed E-state index contributed by atoms with van der Waals surface area (Å²) in [7, 11) is 0. The van der Waals surface area contributed by atoms with E-state index in [-0.39, 0.29) is 11.7 Å². The summed E-state index contributed by atoms with van der Waals surface area (Å²) in [5.74, 6) is -0.522. The van der Waals surface area contributed by atoms with E-state index >= 15 is 0 Å². The van der Waals surface area contributed by atoms with Gasteiger partial charge in [0.15, 0.2) is 5.82 Å². The third-order valence-electron chi connectivity index (χ3n) is 3.81. The average molecular weight is 348 g/mol. The van der Waals surface area contributed by atoms with Crippen molar-refractivity contribution in [2.24, 2.45) is 5.92 Å². The van der Waals surface area contributed by atoms with Crippen LogP contribution in [0.15, 0.2) is 18.2 Å². The standard InChI is InChI=1S/C17H21FN4O3/c1-17(2,3)25-16(24)19-13(9-4-5-9)15(23)20-14-11-8-10(18)6-7-12(11)21-22-14/h6-9,13H,4-5H2,1-3H3,(H,19,24)(H2,20,21,22,23). The second kappa shape index (κ2) is 6.34. The summed E-state index contributed by atoms with van der Waals surface area (Å²) in [6, 6.07) is 3.44. The number of nitrogens with one attached hydrogen (secondary N) is 3. The molecule has 1 unspecified atom stereocenters. The van der Waals surface area contributed by atoms with Crippen molar-refractivity contribution >= 4 is 28.7 Å². The maximum absolute atomic E-state index is 13.4. The van der Waals surface area contributed by atoms with Crippen LogP contribution in [-0.2, 0) is 9.53 Å². The third kappa shape index (κ3) is 4.26. The molecule has 1 aromatic heterocycles. The highest BCUT2D eigenvalue weighted by Gasteiger charge is 2.38. The number of alkyl carbamates (subject to hydrolysis) is 1. The summed E-state index contributed by atoms with van der Waals surface area (Å²) >= 11 is 0. The van der Waals surface area contributed by atoms with E-state index in [1.54, 1.807) is 26.8 Å². The highest BCUT2D eigenvalue weighted by Crippen LogP contribution is 2.33. The van der Waals surface area contributed by atoms with Crippen LogP contribution in [0.1, 0.15) is 33.6 Å². The van der Waals surface area contributed by atoms with Gasteiger partial charge in [0, 0.05) is 5.39 Å². The number of fused-ring (bicyclic) bond motifs is 1. The van der Waals surface area contributed by atoms with Crippen LogP contribution >= 0.6 is 0 Å². The minimum absolute atomic E-state index is 0.0643. The second-order valence-electron chi connectivity index (χ2n) is 7.21. The van der Waals surface area contributed by atoms with Gasteiger partial charge in [-0.3, -0.25) is 9.89 Å². The molecule has 0 saturated heterocycles. The number of anilines is 1. The molecule has 0 bridgehead atoms. The minimum Gasteiger partial charge on any atom is -0.444 e. The van der Waals surface area contributed by atoms with Crippen molar-refractivity contribution in [3.8, 4) is 0 Å². The lowest BCUT2D eigenvalue weighted by atomic mass is 10.1. The van der Waals surface area contributed by atoms with Crippen molar-refractivity contribution in [3.63, 3.8) is 0 Å². The van der Waals surface area contributed by atoms with Crippen molar-refractivity contribution in [1.82, 2.24) is 15.5 Å². The zero-order chi connectivity index (χ0) is 18.2. The van der Waals surface area contributed by atoms with Crippen LogP contribution in [0.4, 0.5) is 15.0 Å². The van der Waals surface area contributed by atoms with E-state index in [2.05, 4.69) is 20.8 Å². The van der Waals surface area contributed by atoms with Crippen LogP contribution in [-0.4, -0.2) is 33.8 Å². The molecule has 1 saturated carbocycles. The molecule has 1 aromatic carbocycles. The van der Waals surface area contributed by atoms with E-state index in [4.69, 9.17) is 4.74 Å². The Morgan fingerprint density at radius 3 is 2.72 bits per heavy atom. The van der Waals surface area contributed by atoms with Gasteiger partial charge in [0.1, 0.15) is 17.5 Å². The van der Waals surface area contributed by atoms with Gasteiger partial charge in [-0.25, -0.2) is 9.18 Å². The molecule has 2 amide bonds. The molecule has 2 aromatic rings. The van der Waals surface area contributed by atoms with E-state index in [1.807, 2.05) is 0 Å². The van der Waals surface area contributed by atoms with Crippen molar-refractivity contribution < 1.29 is 18.7 Å². The van der Waals surface area contributed by atoms with Gasteiger partial charge < -0.3 is 15.4 Å². The molecule has 8 heteroatoms. The van der Waals surface area contributed by atoms with Crippen LogP contribution in [0.5, 0.6) is 0 Å². The molecule has 0 spiro atoms. The van der Waals surface area contributed by atoms with Crippen molar-refractivity contribution in [3.05, 3.63) is 24.0 Å². The predicted octanol–water partition coefficient (Wildman–Crippen LogP) is 2.94. The molecular formula is C17H21FN4O3. The topological polar surface area (TPSA) is 96.1 Å². The lowest BCUT2D eigenvalue weighted by Crippen LogP contribution is -2.47. The lowest BCUT2D eigenvalue weighted by Gasteiger charge is -2.23. The first-order valence-corrected chi connectivity index (χ1v) is 8.17. The monoisotopic (exact) mass is 348 g/mol. The fourth-order valence-corrected chi connectivity index (χ4v) is 2.54. The molecular weight excluding hydrogens is 327 g/mol. The van der Waals surface area contributed by atoms with Gasteiger partial charge in [-0.05, 0) is 57.7 Å². The molecule has 3 N–H and O–H groups in total. The Bertz CT molecular complexity index is 808. The molecule has 25 heavy (non-hydrogen) atoms. The van der Waals surface area contributed by atoms with Crippen LogP contribution in [0.25, 0.3) is 10.9 Å². The zero-order valence-corrected chi connectivity index (χ0v) is 14.4. The number of rotatable bonds is 4. The fourth-order valence-electron chi connectivity index (χ4n) is 2.54. The normalized spacial score (nSPS) is 15.7. The Labute approximate surface area is 144 Å². The first-order valence-electron chi connectivity index (χ1n) is 8.17. The number of hydrogen-bond acceptors (Lipinski definition) is 4. The smallest absolute Gasteiger partial charge is 0.408 e. The summed E-state index contributed by atoms with van der Waals surface area (Å²) in [4.78, 5) is 24.6. The van der Waals surface area contributed by atoms with Gasteiger partial charge in [-0.15, -0.1) is 0 Å². The van der Waals surface area contributed by atoms with Gasteiger partial charge in [0.05, 0.1) is 5.52 Å². The molecule has 1 aliphatic carbocycles. The van der Waals surface area contributed by atoms with Gasteiger partial charge in [0.2, 0.25) is 5.91 Å². The summed E-state index contributed by atoms with van der Waals surface area (Å²) in [5, 5.41) is 12.5. The van der Waals surface area contributed by atoms with Gasteiger partial charge in [0.25, 0.3) is 0 Å². The molecule has 1 aliphatic rings. The lowest BCUT2D eigenvalue weighted by molar-refractivity contribution is -0.118. The number of hydrogen-bond donors (Lipinski definition) is 3. The number of carbonyl (C=O) groups is 2. The fraction of sp³-hybridized carbons (Fsp3) is 0.471. The Kier molecular flexibility index (Phi) is 4.36. The molecule has 1 heterocycles. The summed E-state index contributed by atoms with van der Waals surface area (Å²) in [6.07, 6.45) is 1.06. The van der Waals surface area contributed by atoms with Crippen molar-refractivity contribution in [2.75, 3.05) is 5.32 Å². The number of amides is 2. The largest absolute Gasteiger partial charge is 0.444 e. The number of aromatic amines is 1. The Balaban J connectivity index is 1.72. The molecule has 3 rings (SSSR count). The second-order valence-corrected chi connectivity index (χ2v) is 7.21. The number of ether oxygens (including phenoxy) is 1. The maximum atomic E-state index is 13.4. The van der Waals surface area contributed by atoms with Crippen molar-refractivity contribution in [1.29, 1.82) is 0 Å². The molecule has 1 atom stereocenters. The third-order valence-corrected chi connectivity index (χ3v) is 3.81. The number of H-pyrrole nitrogens is 1. The number of aromatic nitrogens is 2. The Morgan fingerprint density at radius 2 is 2.08 bits per heavy atom. The molecule has 7 nitrogen and oxygen atoms in total. The van der Waals surface area contributed by atoms with Crippen LogP contribution in [0.3, 0.4) is 0 Å². The average Bonchev–Trinajstić information content (AvgIpc) is 3.26. The minimum atomic E-state index is -0.713. The zero-order valence-electron chi connectivity index (χ0n) is 14.4. The molecule has 0 radical (unpaired) electrons. The number of benzene rings is 1. The predicted molar refractivity (Wildman–Crippen MR) is 90.6 cm³/mol. The number of nitrogens with zero attached hydrogens (tertiary/aromatic N) is 1. The molecule has 1 fully saturated rings. The number of halogens is 1. The van der Waals surface area contributed by atoms with E-state index in [0.29, 0.717) is 10.9 Å². The van der Waals surface area contributed by atoms with E-state index in [9.17, 15) is 14.0 Å². The Morgan fingerprint density at radius 1 is 1.36 bits per heavy atom. The van der Waals surface area contributed by atoms with Crippen molar-refractivity contribution in [2.45, 2.75) is 45.3 Å². The van der Waals surface area contributed by atoms with Gasteiger partial charge >= 0.3 is 6.09 Å². The first-order chi connectivity index (χ1) is 11.7. The SMILES string of the molecule is CC(C)(C)OC(=O)NC(C(=O)Nc1n[nH]c2ccc(F)cc12)C1CC1. The first kappa shape index (κ1) is 17.2. The Hall–Kier alpha value is -2.64. The number of carbonyl (C=O) groups excluding carboxylic acids is 2. The van der Waals surface area contributed by atoms with E-state index < -0.39 is 29.5 Å². The summed E-state index contributed by atoms with van der Waals surface area (Å²) in [6.45, 7) is 5.26. The highest BCUT2D eigenvalue weighted by atomic mass is 19.1. The highest BCUT2D eigenvalue weighted by molar-refractivity contribution is 6.02. The van der Waals surface area contributed by atoms with E-state index in [1.165, 1.54) is 12.1 Å². The van der Waals surface area contributed by atoms with Gasteiger partial charge in [-0.1, -0.05) is 0 Å². The quantitative estimate of drug-likeness (QED) is 0.791. The maximum Gasteiger partial charge on any atom is 0.408 e.